The van der Waals surface area contributed by atoms with Crippen LogP contribution in [0.15, 0.2) is 46.4 Å². The molecule has 0 spiro atoms. The van der Waals surface area contributed by atoms with Gasteiger partial charge in [-0.2, -0.15) is 4.98 Å². The van der Waals surface area contributed by atoms with Gasteiger partial charge in [-0.3, -0.25) is 4.79 Å². The molecule has 7 heteroatoms. The minimum absolute atomic E-state index is 0.0621. The lowest BCUT2D eigenvalue weighted by molar-refractivity contribution is -0.115. The first-order chi connectivity index (χ1) is 13.2. The minimum Gasteiger partial charge on any atom is -0.350 e. The van der Waals surface area contributed by atoms with E-state index < -0.39 is 0 Å². The molecule has 1 aromatic carbocycles. The van der Waals surface area contributed by atoms with Crippen molar-refractivity contribution in [2.45, 2.75) is 25.2 Å². The van der Waals surface area contributed by atoms with Crippen molar-refractivity contribution in [3.63, 3.8) is 0 Å². The molecule has 4 aromatic rings. The number of hydrogen-bond acceptors (Lipinski definition) is 5. The van der Waals surface area contributed by atoms with Crippen LogP contribution in [-0.2, 0) is 18.3 Å². The third kappa shape index (κ3) is 3.04. The van der Waals surface area contributed by atoms with Crippen molar-refractivity contribution in [3.8, 4) is 10.8 Å². The fourth-order valence-corrected chi connectivity index (χ4v) is 4.11. The first-order valence-electron chi connectivity index (χ1n) is 8.93. The molecule has 0 atom stereocenters. The molecule has 27 heavy (non-hydrogen) atoms. The highest BCUT2D eigenvalue weighted by Crippen LogP contribution is 2.40. The highest BCUT2D eigenvalue weighted by atomic mass is 32.1. The molecule has 0 aliphatic heterocycles. The summed E-state index contributed by atoms with van der Waals surface area (Å²) < 4.78 is 7.45. The predicted octanol–water partition coefficient (Wildman–Crippen LogP) is 4.35. The number of aromatic nitrogens is 3. The lowest BCUT2D eigenvalue weighted by atomic mass is 10.1. The van der Waals surface area contributed by atoms with Crippen molar-refractivity contribution < 1.29 is 9.32 Å². The Balaban J connectivity index is 1.36. The van der Waals surface area contributed by atoms with E-state index in [1.165, 1.54) is 11.3 Å². The number of hydrogen-bond donors (Lipinski definition) is 1. The average Bonchev–Trinajstić information content (AvgIpc) is 3.09. The zero-order valence-electron chi connectivity index (χ0n) is 14.8. The zero-order chi connectivity index (χ0) is 18.4. The van der Waals surface area contributed by atoms with Gasteiger partial charge < -0.3 is 14.4 Å². The Morgan fingerprint density at radius 1 is 1.33 bits per heavy atom. The van der Waals surface area contributed by atoms with Crippen LogP contribution >= 0.6 is 11.3 Å². The van der Waals surface area contributed by atoms with E-state index in [1.807, 2.05) is 47.5 Å². The molecule has 1 aliphatic carbocycles. The number of nitrogens with one attached hydrogen (secondary N) is 1. The standard InChI is InChI=1S/C20H18N4O2S/c1-24-11-13(14-4-2-3-5-16(14)24)10-17(25)21-15-8-9-27-18(15)20-22-19(23-26-20)12-6-7-12/h2-5,8-9,11-12H,6-7,10H2,1H3,(H,21,25). The molecule has 136 valence electrons. The van der Waals surface area contributed by atoms with Crippen LogP contribution in [0.1, 0.15) is 30.1 Å². The van der Waals surface area contributed by atoms with Gasteiger partial charge in [-0.15, -0.1) is 11.3 Å². The number of anilines is 1. The van der Waals surface area contributed by atoms with Crippen molar-refractivity contribution >= 4 is 33.8 Å². The fourth-order valence-electron chi connectivity index (χ4n) is 3.34. The van der Waals surface area contributed by atoms with Crippen LogP contribution < -0.4 is 5.32 Å². The molecular weight excluding hydrogens is 360 g/mol. The van der Waals surface area contributed by atoms with Crippen LogP contribution in [0.3, 0.4) is 0 Å². The fraction of sp³-hybridized carbons (Fsp3) is 0.250. The summed E-state index contributed by atoms with van der Waals surface area (Å²) in [5.41, 5.74) is 2.85. The number of para-hydroxylation sites is 1. The van der Waals surface area contributed by atoms with Crippen LogP contribution in [0.5, 0.6) is 0 Å². The van der Waals surface area contributed by atoms with Gasteiger partial charge >= 0.3 is 0 Å². The number of rotatable bonds is 5. The monoisotopic (exact) mass is 378 g/mol. The van der Waals surface area contributed by atoms with E-state index in [0.29, 0.717) is 18.2 Å². The Morgan fingerprint density at radius 3 is 3.04 bits per heavy atom. The largest absolute Gasteiger partial charge is 0.350 e. The van der Waals surface area contributed by atoms with E-state index in [1.54, 1.807) is 0 Å². The Kier molecular flexibility index (Phi) is 3.82. The summed E-state index contributed by atoms with van der Waals surface area (Å²) >= 11 is 1.49. The molecule has 0 bridgehead atoms. The summed E-state index contributed by atoms with van der Waals surface area (Å²) in [6.45, 7) is 0. The normalized spacial score (nSPS) is 14.0. The van der Waals surface area contributed by atoms with Crippen molar-refractivity contribution in [2.24, 2.45) is 7.05 Å². The lowest BCUT2D eigenvalue weighted by Gasteiger charge is -2.04. The van der Waals surface area contributed by atoms with Gasteiger partial charge in [-0.25, -0.2) is 0 Å². The molecule has 1 aliphatic rings. The molecule has 1 fully saturated rings. The maximum Gasteiger partial charge on any atom is 0.270 e. The maximum absolute atomic E-state index is 12.7. The topological polar surface area (TPSA) is 73.0 Å². The number of thiophene rings is 1. The third-order valence-corrected chi connectivity index (χ3v) is 5.75. The summed E-state index contributed by atoms with van der Waals surface area (Å²) in [6.07, 6.45) is 4.57. The van der Waals surface area contributed by atoms with Crippen molar-refractivity contribution in [3.05, 3.63) is 53.3 Å². The molecule has 0 saturated heterocycles. The lowest BCUT2D eigenvalue weighted by Crippen LogP contribution is -2.14. The molecule has 5 rings (SSSR count). The second kappa shape index (κ2) is 6.35. The van der Waals surface area contributed by atoms with Crippen LogP contribution in [0, 0.1) is 0 Å². The van der Waals surface area contributed by atoms with Crippen LogP contribution in [0.25, 0.3) is 21.7 Å². The smallest absolute Gasteiger partial charge is 0.270 e. The van der Waals surface area contributed by atoms with Crippen molar-refractivity contribution in [1.29, 1.82) is 0 Å². The van der Waals surface area contributed by atoms with Gasteiger partial charge in [0.25, 0.3) is 5.89 Å². The van der Waals surface area contributed by atoms with Crippen LogP contribution in [0.4, 0.5) is 5.69 Å². The second-order valence-corrected chi connectivity index (χ2v) is 7.82. The molecule has 0 radical (unpaired) electrons. The number of fused-ring (bicyclic) bond motifs is 1. The van der Waals surface area contributed by atoms with E-state index in [4.69, 9.17) is 4.52 Å². The van der Waals surface area contributed by atoms with Gasteiger partial charge in [0, 0.05) is 30.1 Å². The minimum atomic E-state index is -0.0621. The molecule has 1 saturated carbocycles. The predicted molar refractivity (Wildman–Crippen MR) is 105 cm³/mol. The molecule has 3 aromatic heterocycles. The number of carbonyl (C=O) groups excluding carboxylic acids is 1. The zero-order valence-corrected chi connectivity index (χ0v) is 15.6. The second-order valence-electron chi connectivity index (χ2n) is 6.90. The maximum atomic E-state index is 12.7. The summed E-state index contributed by atoms with van der Waals surface area (Å²) in [5.74, 6) is 1.62. The SMILES string of the molecule is Cn1cc(CC(=O)Nc2ccsc2-c2nc(C3CC3)no2)c2ccccc21. The summed E-state index contributed by atoms with van der Waals surface area (Å²) in [4.78, 5) is 18.0. The highest BCUT2D eigenvalue weighted by molar-refractivity contribution is 7.14. The molecular formula is C20H18N4O2S. The van der Waals surface area contributed by atoms with E-state index in [2.05, 4.69) is 21.5 Å². The van der Waals surface area contributed by atoms with Crippen LogP contribution in [-0.4, -0.2) is 20.6 Å². The van der Waals surface area contributed by atoms with E-state index >= 15 is 0 Å². The molecule has 1 N–H and O–H groups in total. The number of aryl methyl sites for hydroxylation is 1. The third-order valence-electron chi connectivity index (χ3n) is 4.85. The first-order valence-corrected chi connectivity index (χ1v) is 9.81. The van der Waals surface area contributed by atoms with Crippen molar-refractivity contribution in [2.75, 3.05) is 5.32 Å². The summed E-state index contributed by atoms with van der Waals surface area (Å²) in [6, 6.07) is 9.98. The molecule has 3 heterocycles. The summed E-state index contributed by atoms with van der Waals surface area (Å²) in [5, 5.41) is 10.1. The Hall–Kier alpha value is -2.93. The van der Waals surface area contributed by atoms with Gasteiger partial charge in [0.1, 0.15) is 4.88 Å². The van der Waals surface area contributed by atoms with Gasteiger partial charge in [-0.05, 0) is 35.9 Å². The van der Waals surface area contributed by atoms with E-state index in [-0.39, 0.29) is 5.91 Å². The number of nitrogens with zero attached hydrogens (tertiary/aromatic N) is 3. The van der Waals surface area contributed by atoms with Gasteiger partial charge in [0.2, 0.25) is 5.91 Å². The van der Waals surface area contributed by atoms with E-state index in [0.717, 1.165) is 45.7 Å². The van der Waals surface area contributed by atoms with Gasteiger partial charge in [-0.1, -0.05) is 23.4 Å². The van der Waals surface area contributed by atoms with E-state index in [9.17, 15) is 4.79 Å². The van der Waals surface area contributed by atoms with Crippen molar-refractivity contribution in [1.82, 2.24) is 14.7 Å². The summed E-state index contributed by atoms with van der Waals surface area (Å²) in [7, 11) is 1.99. The molecule has 6 nitrogen and oxygen atoms in total. The number of carbonyl (C=O) groups is 1. The van der Waals surface area contributed by atoms with Crippen LogP contribution in [0.2, 0.25) is 0 Å². The number of amides is 1. The van der Waals surface area contributed by atoms with Gasteiger partial charge in [0.15, 0.2) is 5.82 Å². The quantitative estimate of drug-likeness (QED) is 0.560. The molecule has 0 unspecified atom stereocenters. The first kappa shape index (κ1) is 16.3. The average molecular weight is 378 g/mol. The van der Waals surface area contributed by atoms with Gasteiger partial charge in [0.05, 0.1) is 12.1 Å². The Morgan fingerprint density at radius 2 is 2.19 bits per heavy atom. The Bertz CT molecular complexity index is 1140. The number of benzene rings is 1. The Labute approximate surface area is 159 Å². The molecule has 1 amide bonds. The highest BCUT2D eigenvalue weighted by Gasteiger charge is 2.29.